The van der Waals surface area contributed by atoms with Gasteiger partial charge in [0.1, 0.15) is 12.4 Å². The van der Waals surface area contributed by atoms with Gasteiger partial charge >= 0.3 is 0 Å². The molecule has 0 saturated carbocycles. The molecule has 0 radical (unpaired) electrons. The van der Waals surface area contributed by atoms with Crippen molar-refractivity contribution in [3.63, 3.8) is 0 Å². The molecule has 0 spiro atoms. The molecule has 0 saturated heterocycles. The number of carbonyl (C=O) groups is 3. The summed E-state index contributed by atoms with van der Waals surface area (Å²) in [5.74, 6) is -2.79. The lowest BCUT2D eigenvalue weighted by molar-refractivity contribution is -0.122. The number of rotatable bonds is 3. The molecule has 1 aromatic rings. The normalized spacial score (nSPS) is 14.0. The minimum Gasteiger partial charge on any atom is -0.352 e. The minimum absolute atomic E-state index is 0.00217. The van der Waals surface area contributed by atoms with Gasteiger partial charge in [-0.1, -0.05) is 6.07 Å². The number of halogens is 1. The van der Waals surface area contributed by atoms with Crippen LogP contribution in [0.2, 0.25) is 0 Å². The Labute approximate surface area is 109 Å². The van der Waals surface area contributed by atoms with Gasteiger partial charge in [-0.3, -0.25) is 19.3 Å². The first kappa shape index (κ1) is 13.2. The first-order valence-electron chi connectivity index (χ1n) is 5.86. The van der Waals surface area contributed by atoms with Crippen molar-refractivity contribution in [3.8, 4) is 0 Å². The van der Waals surface area contributed by atoms with Crippen molar-refractivity contribution in [3.05, 3.63) is 29.6 Å². The summed E-state index contributed by atoms with van der Waals surface area (Å²) in [7, 11) is 0. The molecule has 2 amide bonds. The number of hydrogen-bond donors (Lipinski definition) is 1. The summed E-state index contributed by atoms with van der Waals surface area (Å²) in [6, 6.07) is 3.79. The fourth-order valence-corrected chi connectivity index (χ4v) is 1.97. The van der Waals surface area contributed by atoms with E-state index in [-0.39, 0.29) is 23.8 Å². The number of carbonyl (C=O) groups excluding carboxylic acids is 3. The van der Waals surface area contributed by atoms with E-state index < -0.39 is 23.4 Å². The third-order valence-corrected chi connectivity index (χ3v) is 2.69. The molecule has 1 aromatic carbocycles. The lowest BCUT2D eigenvalue weighted by Crippen LogP contribution is -2.42. The van der Waals surface area contributed by atoms with Gasteiger partial charge in [0.15, 0.2) is 0 Å². The molecule has 0 atom stereocenters. The summed E-state index contributed by atoms with van der Waals surface area (Å²) in [6.45, 7) is 3.17. The average Bonchev–Trinajstić information content (AvgIpc) is 2.55. The van der Waals surface area contributed by atoms with E-state index in [1.807, 2.05) is 0 Å². The van der Waals surface area contributed by atoms with E-state index in [0.717, 1.165) is 11.0 Å². The van der Waals surface area contributed by atoms with Gasteiger partial charge in [0, 0.05) is 6.04 Å². The Kier molecular flexibility index (Phi) is 3.33. The van der Waals surface area contributed by atoms with Crippen molar-refractivity contribution >= 4 is 23.3 Å². The maximum atomic E-state index is 13.7. The predicted molar refractivity (Wildman–Crippen MR) is 66.4 cm³/mol. The minimum atomic E-state index is -0.876. The molecule has 1 heterocycles. The van der Waals surface area contributed by atoms with Gasteiger partial charge in [-0.25, -0.2) is 4.39 Å². The molecule has 1 aliphatic rings. The second-order valence-electron chi connectivity index (χ2n) is 4.58. The van der Waals surface area contributed by atoms with Crippen LogP contribution in [0.5, 0.6) is 0 Å². The third kappa shape index (κ3) is 2.33. The summed E-state index contributed by atoms with van der Waals surface area (Å²) in [5.41, 5.74) is -0.112. The van der Waals surface area contributed by atoms with Gasteiger partial charge in [-0.05, 0) is 26.0 Å². The van der Waals surface area contributed by atoms with Gasteiger partial charge in [0.25, 0.3) is 11.7 Å². The maximum absolute atomic E-state index is 13.7. The van der Waals surface area contributed by atoms with Crippen LogP contribution in [-0.2, 0) is 9.59 Å². The highest BCUT2D eigenvalue weighted by atomic mass is 19.1. The number of fused-ring (bicyclic) bond motifs is 1. The first-order valence-corrected chi connectivity index (χ1v) is 5.86. The number of anilines is 1. The number of amides is 2. The molecular weight excluding hydrogens is 251 g/mol. The van der Waals surface area contributed by atoms with E-state index >= 15 is 0 Å². The number of para-hydroxylation sites is 1. The second-order valence-corrected chi connectivity index (χ2v) is 4.58. The SMILES string of the molecule is CC(C)NC(=O)CN1C(=O)C(=O)c2cccc(F)c21. The van der Waals surface area contributed by atoms with E-state index in [0.29, 0.717) is 0 Å². The molecule has 6 heteroatoms. The van der Waals surface area contributed by atoms with Crippen molar-refractivity contribution < 1.29 is 18.8 Å². The van der Waals surface area contributed by atoms with Crippen molar-refractivity contribution in [1.29, 1.82) is 0 Å². The quantitative estimate of drug-likeness (QED) is 0.824. The lowest BCUT2D eigenvalue weighted by atomic mass is 10.1. The Morgan fingerprint density at radius 3 is 2.68 bits per heavy atom. The van der Waals surface area contributed by atoms with Crippen molar-refractivity contribution in [2.75, 3.05) is 11.4 Å². The Balaban J connectivity index is 2.31. The van der Waals surface area contributed by atoms with Crippen LogP contribution in [0.4, 0.5) is 10.1 Å². The molecule has 2 rings (SSSR count). The lowest BCUT2D eigenvalue weighted by Gasteiger charge is -2.17. The molecule has 1 N–H and O–H groups in total. The van der Waals surface area contributed by atoms with Crippen molar-refractivity contribution in [2.24, 2.45) is 0 Å². The monoisotopic (exact) mass is 264 g/mol. The summed E-state index contributed by atoms with van der Waals surface area (Å²) in [6.07, 6.45) is 0. The highest BCUT2D eigenvalue weighted by Crippen LogP contribution is 2.31. The van der Waals surface area contributed by atoms with Gasteiger partial charge in [0.2, 0.25) is 5.91 Å². The van der Waals surface area contributed by atoms with E-state index in [2.05, 4.69) is 5.32 Å². The standard InChI is InChI=1S/C13H13FN2O3/c1-7(2)15-10(17)6-16-11-8(12(18)13(16)19)4-3-5-9(11)14/h3-5,7H,6H2,1-2H3,(H,15,17). The zero-order valence-electron chi connectivity index (χ0n) is 10.6. The van der Waals surface area contributed by atoms with Crippen LogP contribution in [0.15, 0.2) is 18.2 Å². The Morgan fingerprint density at radius 1 is 1.37 bits per heavy atom. The fourth-order valence-electron chi connectivity index (χ4n) is 1.97. The Hall–Kier alpha value is -2.24. The number of benzene rings is 1. The highest BCUT2D eigenvalue weighted by molar-refractivity contribution is 6.52. The van der Waals surface area contributed by atoms with Crippen LogP contribution in [0.3, 0.4) is 0 Å². The van der Waals surface area contributed by atoms with Crippen LogP contribution in [0.25, 0.3) is 0 Å². The van der Waals surface area contributed by atoms with Crippen LogP contribution in [0.1, 0.15) is 24.2 Å². The van der Waals surface area contributed by atoms with E-state index in [1.165, 1.54) is 12.1 Å². The zero-order chi connectivity index (χ0) is 14.2. The molecule has 0 aromatic heterocycles. The average molecular weight is 264 g/mol. The molecule has 1 aliphatic heterocycles. The fraction of sp³-hybridized carbons (Fsp3) is 0.308. The molecule has 0 unspecified atom stereocenters. The van der Waals surface area contributed by atoms with Crippen LogP contribution < -0.4 is 10.2 Å². The molecule has 5 nitrogen and oxygen atoms in total. The van der Waals surface area contributed by atoms with Gasteiger partial charge in [-0.2, -0.15) is 0 Å². The molecule has 0 aliphatic carbocycles. The van der Waals surface area contributed by atoms with Gasteiger partial charge in [0.05, 0.1) is 11.3 Å². The molecule has 0 fully saturated rings. The Bertz CT molecular complexity index is 569. The van der Waals surface area contributed by atoms with Gasteiger partial charge in [-0.15, -0.1) is 0 Å². The number of hydrogen-bond acceptors (Lipinski definition) is 3. The number of nitrogens with zero attached hydrogens (tertiary/aromatic N) is 1. The predicted octanol–water partition coefficient (Wildman–Crippen LogP) is 0.880. The number of ketones is 1. The molecular formula is C13H13FN2O3. The highest BCUT2D eigenvalue weighted by Gasteiger charge is 2.38. The van der Waals surface area contributed by atoms with Crippen molar-refractivity contribution in [1.82, 2.24) is 5.32 Å². The summed E-state index contributed by atoms with van der Waals surface area (Å²) < 4.78 is 13.7. The zero-order valence-corrected chi connectivity index (χ0v) is 10.6. The third-order valence-electron chi connectivity index (χ3n) is 2.69. The van der Waals surface area contributed by atoms with Gasteiger partial charge < -0.3 is 5.32 Å². The number of nitrogens with one attached hydrogen (secondary N) is 1. The molecule has 100 valence electrons. The van der Waals surface area contributed by atoms with Crippen LogP contribution in [-0.4, -0.2) is 30.2 Å². The number of Topliss-reactive ketones (excluding diaryl/α,β-unsaturated/α-hetero) is 1. The van der Waals surface area contributed by atoms with E-state index in [9.17, 15) is 18.8 Å². The Morgan fingerprint density at radius 2 is 2.05 bits per heavy atom. The smallest absolute Gasteiger partial charge is 0.300 e. The van der Waals surface area contributed by atoms with Crippen molar-refractivity contribution in [2.45, 2.75) is 19.9 Å². The maximum Gasteiger partial charge on any atom is 0.300 e. The van der Waals surface area contributed by atoms with Crippen LogP contribution in [0, 0.1) is 5.82 Å². The molecule has 19 heavy (non-hydrogen) atoms. The van der Waals surface area contributed by atoms with Crippen LogP contribution >= 0.6 is 0 Å². The van der Waals surface area contributed by atoms with E-state index in [4.69, 9.17) is 0 Å². The van der Waals surface area contributed by atoms with E-state index in [1.54, 1.807) is 13.8 Å². The second kappa shape index (κ2) is 4.79. The summed E-state index contributed by atoms with van der Waals surface area (Å²) in [4.78, 5) is 36.0. The molecule has 0 bridgehead atoms. The first-order chi connectivity index (χ1) is 8.91. The largest absolute Gasteiger partial charge is 0.352 e. The topological polar surface area (TPSA) is 66.5 Å². The summed E-state index contributed by atoms with van der Waals surface area (Å²) in [5, 5.41) is 2.59. The summed E-state index contributed by atoms with van der Waals surface area (Å²) >= 11 is 0.